The lowest BCUT2D eigenvalue weighted by Gasteiger charge is -2.21. The molecule has 1 saturated heterocycles. The van der Waals surface area contributed by atoms with Crippen LogP contribution >= 0.6 is 0 Å². The van der Waals surface area contributed by atoms with Gasteiger partial charge in [0.2, 0.25) is 0 Å². The number of hydrogen-bond donors (Lipinski definition) is 0. The first-order valence-corrected chi connectivity index (χ1v) is 5.54. The molecule has 1 heterocycles. The van der Waals surface area contributed by atoms with E-state index in [2.05, 4.69) is 0 Å². The van der Waals surface area contributed by atoms with Crippen LogP contribution in [0.25, 0.3) is 0 Å². The Morgan fingerprint density at radius 1 is 1.18 bits per heavy atom. The number of benzene rings is 1. The predicted octanol–water partition coefficient (Wildman–Crippen LogP) is 1.34. The van der Waals surface area contributed by atoms with Gasteiger partial charge < -0.3 is 0 Å². The highest BCUT2D eigenvalue weighted by molar-refractivity contribution is 6.42. The Hall–Kier alpha value is -1.94. The molecule has 1 amide bonds. The predicted molar refractivity (Wildman–Crippen MR) is 60.0 cm³/mol. The molecular formula is C13H11NO3. The van der Waals surface area contributed by atoms with Gasteiger partial charge in [0.1, 0.15) is 6.10 Å². The summed E-state index contributed by atoms with van der Waals surface area (Å²) in [7, 11) is 0. The molecule has 1 fully saturated rings. The van der Waals surface area contributed by atoms with Crippen molar-refractivity contribution in [3.05, 3.63) is 48.0 Å². The lowest BCUT2D eigenvalue weighted by Crippen LogP contribution is -2.39. The second-order valence-corrected chi connectivity index (χ2v) is 4.16. The van der Waals surface area contributed by atoms with E-state index in [4.69, 9.17) is 4.84 Å². The van der Waals surface area contributed by atoms with Crippen molar-refractivity contribution < 1.29 is 14.4 Å². The molecule has 4 nitrogen and oxygen atoms in total. The van der Waals surface area contributed by atoms with Crippen LogP contribution in [0.5, 0.6) is 0 Å². The number of fused-ring (bicyclic) bond motifs is 2. The smallest absolute Gasteiger partial charge is 0.283 e. The van der Waals surface area contributed by atoms with Crippen LogP contribution in [0, 0.1) is 0 Å². The number of nitrogens with zero attached hydrogens (tertiary/aromatic N) is 1. The third-order valence-electron chi connectivity index (χ3n) is 3.00. The second-order valence-electron chi connectivity index (χ2n) is 4.16. The minimum atomic E-state index is -0.590. The van der Waals surface area contributed by atoms with Gasteiger partial charge in [0.05, 0.1) is 6.04 Å². The van der Waals surface area contributed by atoms with Crippen molar-refractivity contribution >= 4 is 11.7 Å². The molecule has 0 saturated carbocycles. The number of carbonyl (C=O) groups excluding carboxylic acids is 2. The van der Waals surface area contributed by atoms with Crippen molar-refractivity contribution in [2.24, 2.45) is 0 Å². The molecule has 0 aromatic heterocycles. The topological polar surface area (TPSA) is 46.6 Å². The zero-order valence-electron chi connectivity index (χ0n) is 9.08. The maximum Gasteiger partial charge on any atom is 0.319 e. The molecule has 2 atom stereocenters. The Morgan fingerprint density at radius 2 is 1.94 bits per heavy atom. The van der Waals surface area contributed by atoms with Crippen LogP contribution in [0.3, 0.4) is 0 Å². The van der Waals surface area contributed by atoms with Gasteiger partial charge >= 0.3 is 5.91 Å². The highest BCUT2D eigenvalue weighted by Gasteiger charge is 2.40. The van der Waals surface area contributed by atoms with E-state index in [0.29, 0.717) is 5.56 Å². The molecule has 1 aromatic carbocycles. The van der Waals surface area contributed by atoms with E-state index in [1.54, 1.807) is 30.3 Å². The number of ketones is 1. The SMILES string of the molecule is O=C(C(=O)N1OC2C=CC1C2)c1ccccc1. The van der Waals surface area contributed by atoms with Crippen LogP contribution in [-0.4, -0.2) is 28.9 Å². The zero-order valence-corrected chi connectivity index (χ0v) is 9.08. The van der Waals surface area contributed by atoms with E-state index >= 15 is 0 Å². The highest BCUT2D eigenvalue weighted by Crippen LogP contribution is 2.29. The van der Waals surface area contributed by atoms with Crippen LogP contribution < -0.4 is 0 Å². The molecule has 17 heavy (non-hydrogen) atoms. The quantitative estimate of drug-likeness (QED) is 0.437. The zero-order chi connectivity index (χ0) is 11.8. The molecule has 0 spiro atoms. The molecule has 1 aliphatic heterocycles. The minimum absolute atomic E-state index is 0.0486. The summed E-state index contributed by atoms with van der Waals surface area (Å²) in [5, 5.41) is 1.19. The Bertz CT molecular complexity index is 495. The third kappa shape index (κ3) is 1.66. The Balaban J connectivity index is 1.79. The van der Waals surface area contributed by atoms with Gasteiger partial charge in [-0.2, -0.15) is 0 Å². The maximum absolute atomic E-state index is 12.0. The lowest BCUT2D eigenvalue weighted by atomic mass is 10.1. The molecule has 0 N–H and O–H groups in total. The van der Waals surface area contributed by atoms with E-state index in [-0.39, 0.29) is 12.1 Å². The molecule has 2 bridgehead atoms. The number of rotatable bonds is 2. The molecular weight excluding hydrogens is 218 g/mol. The third-order valence-corrected chi connectivity index (χ3v) is 3.00. The number of hydrogen-bond acceptors (Lipinski definition) is 3. The maximum atomic E-state index is 12.0. The molecule has 1 aromatic rings. The fourth-order valence-corrected chi connectivity index (χ4v) is 2.14. The standard InChI is InChI=1S/C13H11NO3/c15-12(9-4-2-1-3-5-9)13(16)14-10-6-7-11(8-10)17-14/h1-7,10-11H,8H2. The Morgan fingerprint density at radius 3 is 2.53 bits per heavy atom. The molecule has 0 radical (unpaired) electrons. The van der Waals surface area contributed by atoms with Crippen LogP contribution in [-0.2, 0) is 9.63 Å². The summed E-state index contributed by atoms with van der Waals surface area (Å²) in [5.41, 5.74) is 0.396. The number of Topliss-reactive ketones (excluding diaryl/α,β-unsaturated/α-hetero) is 1. The van der Waals surface area contributed by atoms with Crippen molar-refractivity contribution in [3.8, 4) is 0 Å². The van der Waals surface area contributed by atoms with E-state index in [0.717, 1.165) is 6.42 Å². The van der Waals surface area contributed by atoms with Gasteiger partial charge in [-0.3, -0.25) is 14.4 Å². The van der Waals surface area contributed by atoms with Crippen molar-refractivity contribution in [1.29, 1.82) is 0 Å². The van der Waals surface area contributed by atoms with Gasteiger partial charge in [-0.25, -0.2) is 5.06 Å². The van der Waals surface area contributed by atoms with Gasteiger partial charge in [-0.05, 0) is 0 Å². The van der Waals surface area contributed by atoms with E-state index in [9.17, 15) is 9.59 Å². The fourth-order valence-electron chi connectivity index (χ4n) is 2.14. The normalized spacial score (nSPS) is 25.3. The Kier molecular flexibility index (Phi) is 2.30. The fraction of sp³-hybridized carbons (Fsp3) is 0.231. The van der Waals surface area contributed by atoms with Gasteiger partial charge in [-0.1, -0.05) is 42.5 Å². The molecule has 2 aliphatic rings. The van der Waals surface area contributed by atoms with Crippen molar-refractivity contribution in [1.82, 2.24) is 5.06 Å². The van der Waals surface area contributed by atoms with E-state index in [1.807, 2.05) is 12.2 Å². The Labute approximate surface area is 98.4 Å². The van der Waals surface area contributed by atoms with Gasteiger partial charge in [0, 0.05) is 12.0 Å². The minimum Gasteiger partial charge on any atom is -0.283 e. The lowest BCUT2D eigenvalue weighted by molar-refractivity contribution is -0.177. The van der Waals surface area contributed by atoms with Crippen LogP contribution in [0.15, 0.2) is 42.5 Å². The van der Waals surface area contributed by atoms with Crippen LogP contribution in [0.1, 0.15) is 16.8 Å². The van der Waals surface area contributed by atoms with Crippen molar-refractivity contribution in [2.75, 3.05) is 0 Å². The first-order valence-electron chi connectivity index (χ1n) is 5.54. The monoisotopic (exact) mass is 229 g/mol. The molecule has 3 rings (SSSR count). The van der Waals surface area contributed by atoms with Gasteiger partial charge in [-0.15, -0.1) is 0 Å². The number of carbonyl (C=O) groups is 2. The van der Waals surface area contributed by atoms with Gasteiger partial charge in [0.15, 0.2) is 0 Å². The molecule has 1 aliphatic carbocycles. The van der Waals surface area contributed by atoms with Crippen molar-refractivity contribution in [3.63, 3.8) is 0 Å². The van der Waals surface area contributed by atoms with Crippen LogP contribution in [0.2, 0.25) is 0 Å². The van der Waals surface area contributed by atoms with E-state index < -0.39 is 11.7 Å². The summed E-state index contributed by atoms with van der Waals surface area (Å²) in [6.07, 6.45) is 4.53. The first kappa shape index (κ1) is 10.2. The highest BCUT2D eigenvalue weighted by atomic mass is 16.7. The first-order chi connectivity index (χ1) is 8.25. The average Bonchev–Trinajstić information content (AvgIpc) is 3.00. The van der Waals surface area contributed by atoms with Crippen molar-refractivity contribution in [2.45, 2.75) is 18.6 Å². The molecule has 86 valence electrons. The summed E-state index contributed by atoms with van der Waals surface area (Å²) < 4.78 is 0. The number of amides is 1. The molecule has 2 unspecified atom stereocenters. The largest absolute Gasteiger partial charge is 0.319 e. The summed E-state index contributed by atoms with van der Waals surface area (Å²) in [6.45, 7) is 0. The van der Waals surface area contributed by atoms with E-state index in [1.165, 1.54) is 5.06 Å². The van der Waals surface area contributed by atoms with Crippen LogP contribution in [0.4, 0.5) is 0 Å². The summed E-state index contributed by atoms with van der Waals surface area (Å²) >= 11 is 0. The molecule has 4 heteroatoms. The summed E-state index contributed by atoms with van der Waals surface area (Å²) in [5.74, 6) is -1.11. The van der Waals surface area contributed by atoms with Gasteiger partial charge in [0.25, 0.3) is 5.78 Å². The summed E-state index contributed by atoms with van der Waals surface area (Å²) in [4.78, 5) is 29.2. The number of hydroxylamine groups is 2. The second kappa shape index (κ2) is 3.82. The summed E-state index contributed by atoms with van der Waals surface area (Å²) in [6, 6.07) is 8.45. The average molecular weight is 229 g/mol.